The van der Waals surface area contributed by atoms with Gasteiger partial charge in [0.2, 0.25) is 0 Å². The second kappa shape index (κ2) is 7.53. The van der Waals surface area contributed by atoms with Crippen LogP contribution in [0.1, 0.15) is 17.7 Å². The smallest absolute Gasteiger partial charge is 0.122 e. The fourth-order valence-electron chi connectivity index (χ4n) is 3.02. The summed E-state index contributed by atoms with van der Waals surface area (Å²) in [6, 6.07) is 10.5. The normalized spacial score (nSPS) is 18.3. The summed E-state index contributed by atoms with van der Waals surface area (Å²) in [7, 11) is 3.37. The Morgan fingerprint density at radius 3 is 2.65 bits per heavy atom. The van der Waals surface area contributed by atoms with Crippen LogP contribution in [0.15, 0.2) is 41.0 Å². The standard InChI is InChI=1S/C18H24N2O3/c1-21-17-8-14(9-18(10-17)22-2)12-20-6-5-15(13-20)19-11-16-4-3-7-23-16/h3-4,7-10,15,19H,5-6,11-13H2,1-2H3. The first-order valence-corrected chi connectivity index (χ1v) is 7.97. The zero-order chi connectivity index (χ0) is 16.1. The van der Waals surface area contributed by atoms with Crippen LogP contribution in [-0.4, -0.2) is 38.3 Å². The van der Waals surface area contributed by atoms with Gasteiger partial charge in [-0.25, -0.2) is 0 Å². The van der Waals surface area contributed by atoms with Crippen LogP contribution >= 0.6 is 0 Å². The fraction of sp³-hybridized carbons (Fsp3) is 0.444. The summed E-state index contributed by atoms with van der Waals surface area (Å²) in [5, 5.41) is 3.56. The van der Waals surface area contributed by atoms with Gasteiger partial charge < -0.3 is 19.2 Å². The van der Waals surface area contributed by atoms with E-state index >= 15 is 0 Å². The predicted octanol–water partition coefficient (Wildman–Crippen LogP) is 2.66. The number of furan rings is 1. The Bertz CT molecular complexity index is 590. The molecule has 124 valence electrons. The van der Waals surface area contributed by atoms with Gasteiger partial charge in [-0.3, -0.25) is 4.90 Å². The summed E-state index contributed by atoms with van der Waals surface area (Å²) in [4.78, 5) is 2.45. The molecular weight excluding hydrogens is 292 g/mol. The molecular formula is C18H24N2O3. The van der Waals surface area contributed by atoms with E-state index < -0.39 is 0 Å². The van der Waals surface area contributed by atoms with E-state index in [4.69, 9.17) is 13.9 Å². The van der Waals surface area contributed by atoms with Crippen LogP contribution < -0.4 is 14.8 Å². The van der Waals surface area contributed by atoms with Crippen LogP contribution in [0.4, 0.5) is 0 Å². The Morgan fingerprint density at radius 1 is 1.22 bits per heavy atom. The monoisotopic (exact) mass is 316 g/mol. The van der Waals surface area contributed by atoms with Crippen molar-refractivity contribution in [3.05, 3.63) is 47.9 Å². The van der Waals surface area contributed by atoms with Crippen molar-refractivity contribution in [2.75, 3.05) is 27.3 Å². The van der Waals surface area contributed by atoms with E-state index in [9.17, 15) is 0 Å². The summed E-state index contributed by atoms with van der Waals surface area (Å²) in [6.07, 6.45) is 2.87. The van der Waals surface area contributed by atoms with E-state index in [0.717, 1.165) is 49.9 Å². The number of hydrogen-bond donors (Lipinski definition) is 1. The topological polar surface area (TPSA) is 46.9 Å². The second-order valence-corrected chi connectivity index (χ2v) is 5.90. The molecule has 0 bridgehead atoms. The number of benzene rings is 1. The average Bonchev–Trinajstić information content (AvgIpc) is 3.24. The number of rotatable bonds is 7. The molecule has 5 nitrogen and oxygen atoms in total. The molecule has 1 aliphatic rings. The van der Waals surface area contributed by atoms with Crippen molar-refractivity contribution in [1.29, 1.82) is 0 Å². The summed E-state index contributed by atoms with van der Waals surface area (Å²) in [5.41, 5.74) is 1.22. The Kier molecular flexibility index (Phi) is 5.20. The zero-order valence-corrected chi connectivity index (χ0v) is 13.7. The van der Waals surface area contributed by atoms with Crippen LogP contribution in [0.2, 0.25) is 0 Å². The third kappa shape index (κ3) is 4.27. The molecule has 1 aromatic carbocycles. The summed E-state index contributed by atoms with van der Waals surface area (Å²) in [5.74, 6) is 2.66. The molecule has 1 aliphatic heterocycles. The minimum Gasteiger partial charge on any atom is -0.497 e. The summed E-state index contributed by atoms with van der Waals surface area (Å²) in [6.45, 7) is 3.83. The van der Waals surface area contributed by atoms with Crippen LogP contribution in [0.3, 0.4) is 0 Å². The van der Waals surface area contributed by atoms with Crippen molar-refractivity contribution in [3.8, 4) is 11.5 Å². The molecule has 1 fully saturated rings. The van der Waals surface area contributed by atoms with Crippen LogP contribution in [0.25, 0.3) is 0 Å². The number of methoxy groups -OCH3 is 2. The maximum Gasteiger partial charge on any atom is 0.122 e. The Hall–Kier alpha value is -1.98. The first-order valence-electron chi connectivity index (χ1n) is 7.97. The molecule has 2 heterocycles. The number of nitrogens with zero attached hydrogens (tertiary/aromatic N) is 1. The van der Waals surface area contributed by atoms with Gasteiger partial charge in [-0.15, -0.1) is 0 Å². The highest BCUT2D eigenvalue weighted by atomic mass is 16.5. The van der Waals surface area contributed by atoms with E-state index in [0.29, 0.717) is 6.04 Å². The molecule has 0 saturated carbocycles. The molecule has 1 aromatic heterocycles. The summed E-state index contributed by atoms with van der Waals surface area (Å²) < 4.78 is 16.0. The van der Waals surface area contributed by atoms with Crippen LogP contribution in [-0.2, 0) is 13.1 Å². The lowest BCUT2D eigenvalue weighted by atomic mass is 10.2. The zero-order valence-electron chi connectivity index (χ0n) is 13.7. The molecule has 2 aromatic rings. The van der Waals surface area contributed by atoms with Gasteiger partial charge in [-0.1, -0.05) is 0 Å². The molecule has 0 spiro atoms. The van der Waals surface area contributed by atoms with Gasteiger partial charge in [0.1, 0.15) is 17.3 Å². The third-order valence-corrected chi connectivity index (χ3v) is 4.23. The molecule has 23 heavy (non-hydrogen) atoms. The molecule has 1 N–H and O–H groups in total. The van der Waals surface area contributed by atoms with E-state index in [1.165, 1.54) is 5.56 Å². The molecule has 3 rings (SSSR count). The molecule has 0 amide bonds. The van der Waals surface area contributed by atoms with E-state index in [-0.39, 0.29) is 0 Å². The van der Waals surface area contributed by atoms with Crippen molar-refractivity contribution in [2.24, 2.45) is 0 Å². The minimum atomic E-state index is 0.507. The average molecular weight is 316 g/mol. The highest BCUT2D eigenvalue weighted by Crippen LogP contribution is 2.24. The maximum atomic E-state index is 5.36. The van der Waals surface area contributed by atoms with Gasteiger partial charge in [-0.2, -0.15) is 0 Å². The van der Waals surface area contributed by atoms with Gasteiger partial charge in [0.25, 0.3) is 0 Å². The molecule has 0 aliphatic carbocycles. The maximum absolute atomic E-state index is 5.36. The van der Waals surface area contributed by atoms with E-state index in [2.05, 4.69) is 22.3 Å². The second-order valence-electron chi connectivity index (χ2n) is 5.90. The highest BCUT2D eigenvalue weighted by molar-refractivity contribution is 5.38. The lowest BCUT2D eigenvalue weighted by molar-refractivity contribution is 0.316. The van der Waals surface area contributed by atoms with Crippen molar-refractivity contribution in [3.63, 3.8) is 0 Å². The Morgan fingerprint density at radius 2 is 2.00 bits per heavy atom. The van der Waals surface area contributed by atoms with Crippen molar-refractivity contribution in [1.82, 2.24) is 10.2 Å². The van der Waals surface area contributed by atoms with Gasteiger partial charge in [0.15, 0.2) is 0 Å². The molecule has 1 atom stereocenters. The van der Waals surface area contributed by atoms with E-state index in [1.807, 2.05) is 18.2 Å². The lowest BCUT2D eigenvalue weighted by Crippen LogP contribution is -2.31. The lowest BCUT2D eigenvalue weighted by Gasteiger charge is -2.17. The van der Waals surface area contributed by atoms with E-state index in [1.54, 1.807) is 20.5 Å². The first kappa shape index (κ1) is 15.9. The van der Waals surface area contributed by atoms with Gasteiger partial charge in [-0.05, 0) is 36.2 Å². The van der Waals surface area contributed by atoms with Gasteiger partial charge >= 0.3 is 0 Å². The molecule has 1 saturated heterocycles. The van der Waals surface area contributed by atoms with Crippen molar-refractivity contribution in [2.45, 2.75) is 25.6 Å². The number of ether oxygens (including phenoxy) is 2. The SMILES string of the molecule is COc1cc(CN2CCC(NCc3ccco3)C2)cc(OC)c1. The molecule has 0 radical (unpaired) electrons. The largest absolute Gasteiger partial charge is 0.497 e. The molecule has 1 unspecified atom stereocenters. The van der Waals surface area contributed by atoms with Crippen molar-refractivity contribution >= 4 is 0 Å². The number of hydrogen-bond acceptors (Lipinski definition) is 5. The van der Waals surface area contributed by atoms with Crippen molar-refractivity contribution < 1.29 is 13.9 Å². The van der Waals surface area contributed by atoms with Crippen LogP contribution in [0.5, 0.6) is 11.5 Å². The predicted molar refractivity (Wildman–Crippen MR) is 88.8 cm³/mol. The van der Waals surface area contributed by atoms with Crippen LogP contribution in [0, 0.1) is 0 Å². The highest BCUT2D eigenvalue weighted by Gasteiger charge is 2.22. The third-order valence-electron chi connectivity index (χ3n) is 4.23. The first-order chi connectivity index (χ1) is 11.3. The quantitative estimate of drug-likeness (QED) is 0.851. The minimum absolute atomic E-state index is 0.507. The summed E-state index contributed by atoms with van der Waals surface area (Å²) >= 11 is 0. The number of likely N-dealkylation sites (tertiary alicyclic amines) is 1. The Balaban J connectivity index is 1.53. The van der Waals surface area contributed by atoms with Gasteiger partial charge in [0.05, 0.1) is 27.0 Å². The molecule has 5 heteroatoms. The van der Waals surface area contributed by atoms with Gasteiger partial charge in [0, 0.05) is 31.7 Å². The number of nitrogens with one attached hydrogen (secondary N) is 1. The fourth-order valence-corrected chi connectivity index (χ4v) is 3.02. The Labute approximate surface area is 137 Å².